The first-order valence-electron chi connectivity index (χ1n) is 6.84. The minimum absolute atomic E-state index is 0.0593. The number of ether oxygens (including phenoxy) is 1. The number of imide groups is 1. The Morgan fingerprint density at radius 1 is 1.22 bits per heavy atom. The van der Waals surface area contributed by atoms with Crippen molar-refractivity contribution in [3.8, 4) is 0 Å². The van der Waals surface area contributed by atoms with Crippen LogP contribution in [0.3, 0.4) is 0 Å². The number of esters is 1. The summed E-state index contributed by atoms with van der Waals surface area (Å²) in [5.41, 5.74) is 0.423. The zero-order chi connectivity index (χ0) is 17.2. The van der Waals surface area contributed by atoms with E-state index in [-0.39, 0.29) is 18.9 Å². The molecular weight excluding hydrogens is 304 g/mol. The maximum Gasteiger partial charge on any atom is 0.321 e. The molecule has 9 heteroatoms. The van der Waals surface area contributed by atoms with Gasteiger partial charge in [-0.2, -0.15) is 0 Å². The Hall–Kier alpha value is -2.97. The molecule has 9 nitrogen and oxygen atoms in total. The monoisotopic (exact) mass is 322 g/mol. The zero-order valence-electron chi connectivity index (χ0n) is 12.8. The van der Waals surface area contributed by atoms with Crippen molar-refractivity contribution in [1.29, 1.82) is 0 Å². The molecule has 0 bridgehead atoms. The molecule has 0 fully saturated rings. The maximum atomic E-state index is 11.7. The van der Waals surface area contributed by atoms with E-state index in [0.717, 1.165) is 0 Å². The van der Waals surface area contributed by atoms with Gasteiger partial charge in [-0.3, -0.25) is 24.7 Å². The van der Waals surface area contributed by atoms with Gasteiger partial charge in [0.2, 0.25) is 0 Å². The second-order valence-electron chi connectivity index (χ2n) is 4.44. The molecule has 0 saturated heterocycles. The number of hydrogen-bond acceptors (Lipinski definition) is 6. The molecule has 0 spiro atoms. The summed E-state index contributed by atoms with van der Waals surface area (Å²) in [6, 6.07) is 2.39. The maximum absolute atomic E-state index is 11.7. The molecule has 0 aliphatic carbocycles. The first kappa shape index (κ1) is 18.1. The van der Waals surface area contributed by atoms with E-state index in [2.05, 4.69) is 15.6 Å². The molecule has 0 unspecified atom stereocenters. The van der Waals surface area contributed by atoms with Gasteiger partial charge >= 0.3 is 12.0 Å². The average Bonchev–Trinajstić information content (AvgIpc) is 2.55. The number of pyridine rings is 1. The fraction of sp³-hybridized carbons (Fsp3) is 0.357. The molecule has 0 aliphatic heterocycles. The smallest absolute Gasteiger partial charge is 0.321 e. The standard InChI is InChI=1S/C14H18N4O5/c1-9(12(20)18-14(22)15-2)23-11(19)5-8-17-13(21)10-3-6-16-7-4-10/h3-4,6-7,9H,5,8H2,1-2H3,(H,17,21)(H2,15,18,20,22)/t9-/m1/s1. The van der Waals surface area contributed by atoms with Crippen LogP contribution in [0.4, 0.5) is 4.79 Å². The van der Waals surface area contributed by atoms with Crippen LogP contribution in [-0.2, 0) is 14.3 Å². The Morgan fingerprint density at radius 3 is 2.48 bits per heavy atom. The average molecular weight is 322 g/mol. The molecule has 124 valence electrons. The predicted molar refractivity (Wildman–Crippen MR) is 79.3 cm³/mol. The molecule has 23 heavy (non-hydrogen) atoms. The van der Waals surface area contributed by atoms with E-state index in [4.69, 9.17) is 4.74 Å². The Balaban J connectivity index is 2.30. The van der Waals surface area contributed by atoms with Crippen LogP contribution in [0.1, 0.15) is 23.7 Å². The van der Waals surface area contributed by atoms with Crippen LogP contribution in [-0.4, -0.2) is 48.5 Å². The quantitative estimate of drug-likeness (QED) is 0.611. The second-order valence-corrected chi connectivity index (χ2v) is 4.44. The number of carbonyl (C=O) groups excluding carboxylic acids is 4. The van der Waals surface area contributed by atoms with E-state index in [9.17, 15) is 19.2 Å². The molecule has 1 atom stereocenters. The largest absolute Gasteiger partial charge is 0.452 e. The number of nitrogens with one attached hydrogen (secondary N) is 3. The van der Waals surface area contributed by atoms with Crippen molar-refractivity contribution in [3.05, 3.63) is 30.1 Å². The molecule has 1 aromatic rings. The Labute approximate surface area is 132 Å². The number of nitrogens with zero attached hydrogens (tertiary/aromatic N) is 1. The van der Waals surface area contributed by atoms with E-state index in [1.807, 2.05) is 5.32 Å². The molecule has 3 N–H and O–H groups in total. The second kappa shape index (κ2) is 9.13. The van der Waals surface area contributed by atoms with Gasteiger partial charge in [-0.15, -0.1) is 0 Å². The van der Waals surface area contributed by atoms with Gasteiger partial charge in [0.05, 0.1) is 6.42 Å². The fourth-order valence-electron chi connectivity index (χ4n) is 1.47. The minimum atomic E-state index is -1.12. The molecule has 4 amide bonds. The number of rotatable bonds is 6. The van der Waals surface area contributed by atoms with Gasteiger partial charge in [0.15, 0.2) is 6.10 Å². The molecule has 1 aromatic heterocycles. The molecule has 1 rings (SSSR count). The fourth-order valence-corrected chi connectivity index (χ4v) is 1.47. The van der Waals surface area contributed by atoms with Crippen LogP contribution in [0.2, 0.25) is 0 Å². The van der Waals surface area contributed by atoms with Crippen molar-refractivity contribution in [2.75, 3.05) is 13.6 Å². The minimum Gasteiger partial charge on any atom is -0.452 e. The molecule has 1 heterocycles. The van der Waals surface area contributed by atoms with Gasteiger partial charge in [-0.05, 0) is 19.1 Å². The molecular formula is C14H18N4O5. The Bertz CT molecular complexity index is 576. The lowest BCUT2D eigenvalue weighted by Gasteiger charge is -2.12. The van der Waals surface area contributed by atoms with Crippen LogP contribution in [0, 0.1) is 0 Å². The molecule has 0 aromatic carbocycles. The topological polar surface area (TPSA) is 126 Å². The highest BCUT2D eigenvalue weighted by molar-refractivity contribution is 5.97. The lowest BCUT2D eigenvalue weighted by Crippen LogP contribution is -2.43. The van der Waals surface area contributed by atoms with Crippen LogP contribution in [0.5, 0.6) is 0 Å². The van der Waals surface area contributed by atoms with Gasteiger partial charge in [-0.1, -0.05) is 0 Å². The predicted octanol–water partition coefficient (Wildman–Crippen LogP) is -0.411. The summed E-state index contributed by atoms with van der Waals surface area (Å²) in [6.45, 7) is 1.40. The zero-order valence-corrected chi connectivity index (χ0v) is 12.8. The van der Waals surface area contributed by atoms with E-state index in [0.29, 0.717) is 5.56 Å². The SMILES string of the molecule is CNC(=O)NC(=O)[C@@H](C)OC(=O)CCNC(=O)c1ccncc1. The number of carbonyl (C=O) groups is 4. The lowest BCUT2D eigenvalue weighted by atomic mass is 10.2. The number of aromatic nitrogens is 1. The van der Waals surface area contributed by atoms with Crippen molar-refractivity contribution < 1.29 is 23.9 Å². The van der Waals surface area contributed by atoms with Crippen LogP contribution in [0.25, 0.3) is 0 Å². The van der Waals surface area contributed by atoms with Crippen molar-refractivity contribution in [2.45, 2.75) is 19.4 Å². The van der Waals surface area contributed by atoms with Crippen molar-refractivity contribution in [3.63, 3.8) is 0 Å². The van der Waals surface area contributed by atoms with E-state index >= 15 is 0 Å². The van der Waals surface area contributed by atoms with Crippen molar-refractivity contribution in [2.24, 2.45) is 0 Å². The van der Waals surface area contributed by atoms with Crippen molar-refractivity contribution >= 4 is 23.8 Å². The van der Waals surface area contributed by atoms with Gasteiger partial charge in [0, 0.05) is 31.5 Å². The summed E-state index contributed by atoms with van der Waals surface area (Å²) in [5, 5.41) is 6.73. The Morgan fingerprint density at radius 2 is 1.87 bits per heavy atom. The molecule has 0 saturated carbocycles. The van der Waals surface area contributed by atoms with E-state index in [1.165, 1.54) is 26.4 Å². The van der Waals surface area contributed by atoms with Crippen molar-refractivity contribution in [1.82, 2.24) is 20.9 Å². The third-order valence-corrected chi connectivity index (χ3v) is 2.70. The summed E-state index contributed by atoms with van der Waals surface area (Å²) in [6.07, 6.45) is 1.75. The Kier molecular flexibility index (Phi) is 7.18. The number of amides is 4. The molecule has 0 aliphatic rings. The van der Waals surface area contributed by atoms with Crippen LogP contribution in [0.15, 0.2) is 24.5 Å². The third-order valence-electron chi connectivity index (χ3n) is 2.70. The summed E-state index contributed by atoms with van der Waals surface area (Å²) < 4.78 is 4.85. The number of hydrogen-bond donors (Lipinski definition) is 3. The normalized spacial score (nSPS) is 11.0. The summed E-state index contributed by atoms with van der Waals surface area (Å²) in [5.74, 6) is -1.75. The highest BCUT2D eigenvalue weighted by atomic mass is 16.5. The van der Waals surface area contributed by atoms with Gasteiger partial charge in [0.25, 0.3) is 11.8 Å². The van der Waals surface area contributed by atoms with Gasteiger partial charge < -0.3 is 15.4 Å². The van der Waals surface area contributed by atoms with E-state index in [1.54, 1.807) is 12.1 Å². The summed E-state index contributed by atoms with van der Waals surface area (Å²) >= 11 is 0. The van der Waals surface area contributed by atoms with Crippen LogP contribution >= 0.6 is 0 Å². The summed E-state index contributed by atoms with van der Waals surface area (Å²) in [4.78, 5) is 49.5. The first-order valence-corrected chi connectivity index (χ1v) is 6.84. The lowest BCUT2D eigenvalue weighted by molar-refractivity contribution is -0.154. The molecule has 0 radical (unpaired) electrons. The van der Waals surface area contributed by atoms with Gasteiger partial charge in [0.1, 0.15) is 0 Å². The summed E-state index contributed by atoms with van der Waals surface area (Å²) in [7, 11) is 1.35. The highest BCUT2D eigenvalue weighted by Gasteiger charge is 2.19. The first-order chi connectivity index (χ1) is 10.9. The number of urea groups is 1. The van der Waals surface area contributed by atoms with E-state index < -0.39 is 24.0 Å². The van der Waals surface area contributed by atoms with Gasteiger partial charge in [-0.25, -0.2) is 4.79 Å². The third kappa shape index (κ3) is 6.55. The highest BCUT2D eigenvalue weighted by Crippen LogP contribution is 1.97. The van der Waals surface area contributed by atoms with Crippen LogP contribution < -0.4 is 16.0 Å².